The van der Waals surface area contributed by atoms with Gasteiger partial charge in [-0.3, -0.25) is 14.4 Å². The molecule has 0 bridgehead atoms. The summed E-state index contributed by atoms with van der Waals surface area (Å²) in [5.74, 6) is -1.18. The van der Waals surface area contributed by atoms with Crippen LogP contribution in [0.4, 0.5) is 4.79 Å². The topological polar surface area (TPSA) is 138 Å². The maximum absolute atomic E-state index is 13.3. The van der Waals surface area contributed by atoms with Crippen LogP contribution in [0.1, 0.15) is 70.4 Å². The summed E-state index contributed by atoms with van der Waals surface area (Å²) in [6, 6.07) is 14.2. The number of Topliss-reactive ketones (excluding diaryl/α,β-unsaturated/α-hetero) is 2. The molecule has 0 aliphatic heterocycles. The Bertz CT molecular complexity index is 1240. The Hall–Kier alpha value is -4.10. The molecule has 0 aromatic heterocycles. The number of benzene rings is 2. The van der Waals surface area contributed by atoms with Crippen molar-refractivity contribution in [1.82, 2.24) is 10.6 Å². The molecule has 0 radical (unpaired) electrons. The van der Waals surface area contributed by atoms with Gasteiger partial charge >= 0.3 is 12.3 Å². The first-order valence-corrected chi connectivity index (χ1v) is 13.8. The lowest BCUT2D eigenvalue weighted by Gasteiger charge is -2.24. The first kappa shape index (κ1) is 30.4. The molecule has 9 heteroatoms. The smallest absolute Gasteiger partial charge is 0.407 e. The van der Waals surface area contributed by atoms with Crippen molar-refractivity contribution in [3.05, 3.63) is 65.2 Å². The zero-order valence-corrected chi connectivity index (χ0v) is 23.6. The molecule has 2 aromatic carbocycles. The van der Waals surface area contributed by atoms with Gasteiger partial charge in [-0.25, -0.2) is 4.79 Å². The van der Waals surface area contributed by atoms with Crippen LogP contribution in [0.5, 0.6) is 0 Å². The highest BCUT2D eigenvalue weighted by Crippen LogP contribution is 2.44. The average Bonchev–Trinajstić information content (AvgIpc) is 3.22. The Kier molecular flexibility index (Phi) is 10.9. The van der Waals surface area contributed by atoms with E-state index in [1.165, 1.54) is 0 Å². The van der Waals surface area contributed by atoms with Gasteiger partial charge in [-0.2, -0.15) is 4.79 Å². The van der Waals surface area contributed by atoms with Crippen molar-refractivity contribution in [1.29, 1.82) is 0 Å². The monoisotopic (exact) mass is 546 g/mol. The lowest BCUT2D eigenvalue weighted by Crippen LogP contribution is -2.52. The molecule has 9 nitrogen and oxygen atoms in total. The van der Waals surface area contributed by atoms with Crippen LogP contribution in [0, 0.1) is 11.8 Å². The lowest BCUT2D eigenvalue weighted by molar-refractivity contribution is -0.130. The Morgan fingerprint density at radius 2 is 1.50 bits per heavy atom. The number of fused-ring (bicyclic) bond motifs is 3. The van der Waals surface area contributed by atoms with Gasteiger partial charge in [0.1, 0.15) is 12.6 Å². The fourth-order valence-electron chi connectivity index (χ4n) is 5.03. The van der Waals surface area contributed by atoms with Crippen LogP contribution in [-0.2, 0) is 19.1 Å². The van der Waals surface area contributed by atoms with E-state index in [1.807, 2.05) is 64.1 Å². The number of ether oxygens (including phenoxy) is 1. The second kappa shape index (κ2) is 14.3. The van der Waals surface area contributed by atoms with E-state index in [9.17, 15) is 19.2 Å². The fraction of sp³-hybridized carbons (Fsp3) is 0.452. The molecule has 0 spiro atoms. The van der Waals surface area contributed by atoms with E-state index in [2.05, 4.69) is 27.6 Å². The molecule has 2 N–H and O–H groups in total. The summed E-state index contributed by atoms with van der Waals surface area (Å²) in [7, 11) is 0. The summed E-state index contributed by atoms with van der Waals surface area (Å²) >= 11 is 0. The van der Waals surface area contributed by atoms with Gasteiger partial charge in [-0.15, -0.1) is 0 Å². The zero-order valence-electron chi connectivity index (χ0n) is 23.6. The number of amides is 2. The van der Waals surface area contributed by atoms with Crippen molar-refractivity contribution in [2.24, 2.45) is 11.8 Å². The van der Waals surface area contributed by atoms with Crippen molar-refractivity contribution in [3.8, 4) is 11.1 Å². The number of ketones is 2. The Balaban J connectivity index is 1.68. The van der Waals surface area contributed by atoms with Gasteiger partial charge in [0.2, 0.25) is 11.7 Å². The first-order chi connectivity index (χ1) is 19.1. The summed E-state index contributed by atoms with van der Waals surface area (Å²) in [4.78, 5) is 53.6. The quantitative estimate of drug-likeness (QED) is 0.201. The van der Waals surface area contributed by atoms with Gasteiger partial charge in [0.25, 0.3) is 0 Å². The number of hydrogen-bond acceptors (Lipinski definition) is 5. The number of nitrogens with zero attached hydrogens (tertiary/aromatic N) is 2. The van der Waals surface area contributed by atoms with Gasteiger partial charge in [0.15, 0.2) is 5.78 Å². The molecule has 212 valence electrons. The Morgan fingerprint density at radius 3 is 2.05 bits per heavy atom. The van der Waals surface area contributed by atoms with Crippen molar-refractivity contribution in [2.75, 3.05) is 6.61 Å². The minimum atomic E-state index is -0.931. The van der Waals surface area contributed by atoms with Gasteiger partial charge in [0.05, 0.1) is 6.04 Å². The van der Waals surface area contributed by atoms with E-state index in [1.54, 1.807) is 0 Å². The molecule has 0 heterocycles. The third-order valence-corrected chi connectivity index (χ3v) is 6.86. The van der Waals surface area contributed by atoms with Gasteiger partial charge in [-0.1, -0.05) is 76.2 Å². The molecule has 0 saturated carbocycles. The molecule has 1 aliphatic rings. The Labute approximate surface area is 235 Å². The highest BCUT2D eigenvalue weighted by molar-refractivity contribution is 6.25. The molecule has 40 heavy (non-hydrogen) atoms. The van der Waals surface area contributed by atoms with Gasteiger partial charge in [-0.05, 0) is 46.9 Å². The van der Waals surface area contributed by atoms with Crippen LogP contribution in [0.2, 0.25) is 0 Å². The van der Waals surface area contributed by atoms with E-state index in [0.29, 0.717) is 6.42 Å². The molecule has 0 saturated heterocycles. The number of hydrogen-bond donors (Lipinski definition) is 2. The minimum Gasteiger partial charge on any atom is -0.449 e. The standard InChI is InChI=1S/C31H38N4O5/c1-19(2)15-28(30(38)34-27(29(37)16-20(3)4)14-13-21(36)17-33-32)35-31(39)40-18-26-24-11-7-5-9-22(24)23-10-6-8-12-25(23)26/h5-12,17,19-20,26-28H,13-16,18H2,1-4H3,(H,34,38)(H,35,39). The van der Waals surface area contributed by atoms with Crippen LogP contribution < -0.4 is 10.6 Å². The minimum absolute atomic E-state index is 0.0570. The number of rotatable bonds is 14. The van der Waals surface area contributed by atoms with Crippen molar-refractivity contribution in [2.45, 2.75) is 71.4 Å². The van der Waals surface area contributed by atoms with E-state index >= 15 is 0 Å². The predicted molar refractivity (Wildman–Crippen MR) is 152 cm³/mol. The number of nitrogens with one attached hydrogen (secondary N) is 2. The highest BCUT2D eigenvalue weighted by atomic mass is 16.5. The number of carbonyl (C=O) groups is 4. The summed E-state index contributed by atoms with van der Waals surface area (Å²) in [6.45, 7) is 7.74. The third kappa shape index (κ3) is 8.20. The highest BCUT2D eigenvalue weighted by Gasteiger charge is 2.31. The molecule has 2 unspecified atom stereocenters. The van der Waals surface area contributed by atoms with Gasteiger partial charge < -0.3 is 20.9 Å². The van der Waals surface area contributed by atoms with Crippen LogP contribution in [0.3, 0.4) is 0 Å². The number of carbonyl (C=O) groups excluding carboxylic acids is 4. The van der Waals surface area contributed by atoms with Crippen LogP contribution in [0.15, 0.2) is 48.5 Å². The number of alkyl carbamates (subject to hydrolysis) is 1. The third-order valence-electron chi connectivity index (χ3n) is 6.86. The molecule has 2 amide bonds. The van der Waals surface area contributed by atoms with E-state index in [4.69, 9.17) is 10.3 Å². The van der Waals surface area contributed by atoms with Crippen LogP contribution >= 0.6 is 0 Å². The van der Waals surface area contributed by atoms with Crippen molar-refractivity contribution >= 4 is 29.8 Å². The predicted octanol–water partition coefficient (Wildman–Crippen LogP) is 4.69. The summed E-state index contributed by atoms with van der Waals surface area (Å²) in [6.07, 6.45) is 0.585. The van der Waals surface area contributed by atoms with Crippen LogP contribution in [-0.4, -0.2) is 53.3 Å². The maximum Gasteiger partial charge on any atom is 0.407 e. The SMILES string of the molecule is CC(C)CC(=O)C(CCC(=O)C=[N+]=[N-])NC(=O)C(CC(C)C)NC(=O)OCC1c2ccccc2-c2ccccc21. The largest absolute Gasteiger partial charge is 0.449 e. The van der Waals surface area contributed by atoms with E-state index < -0.39 is 29.9 Å². The molecule has 1 aliphatic carbocycles. The first-order valence-electron chi connectivity index (χ1n) is 13.8. The lowest BCUT2D eigenvalue weighted by atomic mass is 9.96. The van der Waals surface area contributed by atoms with E-state index in [-0.39, 0.29) is 49.4 Å². The Morgan fingerprint density at radius 1 is 0.900 bits per heavy atom. The summed E-state index contributed by atoms with van der Waals surface area (Å²) in [5, 5.41) is 5.42. The fourth-order valence-corrected chi connectivity index (χ4v) is 5.03. The normalized spacial score (nSPS) is 13.6. The maximum atomic E-state index is 13.3. The summed E-state index contributed by atoms with van der Waals surface area (Å²) < 4.78 is 5.63. The molecule has 3 rings (SSSR count). The average molecular weight is 547 g/mol. The van der Waals surface area contributed by atoms with Crippen LogP contribution in [0.25, 0.3) is 16.7 Å². The molecular formula is C31H38N4O5. The molecule has 2 atom stereocenters. The molecular weight excluding hydrogens is 508 g/mol. The molecule has 0 fully saturated rings. The summed E-state index contributed by atoms with van der Waals surface area (Å²) in [5.41, 5.74) is 13.0. The zero-order chi connectivity index (χ0) is 29.2. The molecule has 2 aromatic rings. The van der Waals surface area contributed by atoms with Gasteiger partial charge in [0, 0.05) is 18.8 Å². The van der Waals surface area contributed by atoms with Crippen molar-refractivity contribution in [3.63, 3.8) is 0 Å². The van der Waals surface area contributed by atoms with Crippen molar-refractivity contribution < 1.29 is 28.7 Å². The van der Waals surface area contributed by atoms with E-state index in [0.717, 1.165) is 28.5 Å². The second-order valence-corrected chi connectivity index (χ2v) is 11.0. The second-order valence-electron chi connectivity index (χ2n) is 11.0.